The van der Waals surface area contributed by atoms with Crippen molar-refractivity contribution in [1.82, 2.24) is 5.32 Å². The average molecular weight is 375 g/mol. The van der Waals surface area contributed by atoms with Gasteiger partial charge < -0.3 is 34.1 Å². The van der Waals surface area contributed by atoms with Crippen molar-refractivity contribution in [3.63, 3.8) is 0 Å². The van der Waals surface area contributed by atoms with Crippen LogP contribution >= 0.6 is 0 Å². The summed E-state index contributed by atoms with van der Waals surface area (Å²) in [6, 6.07) is 10.1. The molecule has 1 unspecified atom stereocenters. The fourth-order valence-corrected chi connectivity index (χ4v) is 2.52. The highest BCUT2D eigenvalue weighted by atomic mass is 16.7. The zero-order chi connectivity index (χ0) is 19.2. The number of methoxy groups -OCH3 is 2. The Bertz CT molecular complexity index is 809. The number of nitrogens with one attached hydrogen (secondary N) is 1. The topological polar surface area (TPSA) is 95.5 Å². The Hall–Kier alpha value is -3.13. The van der Waals surface area contributed by atoms with Crippen LogP contribution in [0.25, 0.3) is 0 Å². The Kier molecular flexibility index (Phi) is 5.87. The quantitative estimate of drug-likeness (QED) is 0.724. The summed E-state index contributed by atoms with van der Waals surface area (Å²) in [5.41, 5.74) is 0.320. The second-order valence-electron chi connectivity index (χ2n) is 5.76. The van der Waals surface area contributed by atoms with Crippen LogP contribution in [-0.2, 0) is 0 Å². The van der Waals surface area contributed by atoms with Crippen LogP contribution in [0.5, 0.6) is 28.7 Å². The molecule has 0 spiro atoms. The highest BCUT2D eigenvalue weighted by Crippen LogP contribution is 2.35. The Labute approximate surface area is 156 Å². The molecule has 1 atom stereocenters. The first kappa shape index (κ1) is 18.7. The molecule has 0 fully saturated rings. The summed E-state index contributed by atoms with van der Waals surface area (Å²) in [7, 11) is 2.99. The minimum Gasteiger partial charge on any atom is -0.497 e. The van der Waals surface area contributed by atoms with E-state index >= 15 is 0 Å². The van der Waals surface area contributed by atoms with Crippen molar-refractivity contribution in [3.8, 4) is 28.7 Å². The molecule has 0 saturated carbocycles. The number of ether oxygens (including phenoxy) is 5. The number of carbonyl (C=O) groups excluding carboxylic acids is 1. The minimum absolute atomic E-state index is 0.00910. The van der Waals surface area contributed by atoms with Gasteiger partial charge in [-0.25, -0.2) is 0 Å². The number of amides is 1. The van der Waals surface area contributed by atoms with Gasteiger partial charge in [-0.15, -0.1) is 0 Å². The Morgan fingerprint density at radius 2 is 1.89 bits per heavy atom. The van der Waals surface area contributed by atoms with Gasteiger partial charge in [0.05, 0.1) is 19.8 Å². The van der Waals surface area contributed by atoms with E-state index in [0.717, 1.165) is 0 Å². The largest absolute Gasteiger partial charge is 0.497 e. The van der Waals surface area contributed by atoms with E-state index in [1.54, 1.807) is 36.4 Å². The van der Waals surface area contributed by atoms with E-state index in [4.69, 9.17) is 23.7 Å². The van der Waals surface area contributed by atoms with Crippen molar-refractivity contribution in [3.05, 3.63) is 42.0 Å². The predicted molar refractivity (Wildman–Crippen MR) is 95.9 cm³/mol. The molecule has 2 N–H and O–H groups in total. The summed E-state index contributed by atoms with van der Waals surface area (Å²) < 4.78 is 26.3. The van der Waals surface area contributed by atoms with E-state index in [1.165, 1.54) is 14.2 Å². The highest BCUT2D eigenvalue weighted by molar-refractivity contribution is 5.97. The van der Waals surface area contributed by atoms with Gasteiger partial charge in [0, 0.05) is 12.6 Å². The molecular formula is C19H21NO7. The summed E-state index contributed by atoms with van der Waals surface area (Å²) in [6.45, 7) is 0.208. The molecule has 1 aliphatic heterocycles. The van der Waals surface area contributed by atoms with Crippen LogP contribution in [0.3, 0.4) is 0 Å². The molecule has 2 aromatic rings. The molecule has 144 valence electrons. The van der Waals surface area contributed by atoms with Crippen LogP contribution in [0.4, 0.5) is 0 Å². The molecule has 0 radical (unpaired) electrons. The molecule has 8 nitrogen and oxygen atoms in total. The second kappa shape index (κ2) is 8.50. The molecule has 1 amide bonds. The molecule has 1 aliphatic rings. The average Bonchev–Trinajstić information content (AvgIpc) is 3.17. The number of rotatable bonds is 8. The summed E-state index contributed by atoms with van der Waals surface area (Å²) in [5.74, 6) is 2.36. The molecule has 2 aromatic carbocycles. The number of hydrogen-bond acceptors (Lipinski definition) is 7. The first-order chi connectivity index (χ1) is 13.1. The van der Waals surface area contributed by atoms with Crippen molar-refractivity contribution in [2.45, 2.75) is 6.10 Å². The van der Waals surface area contributed by atoms with Gasteiger partial charge in [-0.1, -0.05) is 0 Å². The number of aliphatic hydroxyl groups is 1. The van der Waals surface area contributed by atoms with Crippen LogP contribution in [0.2, 0.25) is 0 Å². The van der Waals surface area contributed by atoms with Gasteiger partial charge in [0.1, 0.15) is 30.0 Å². The van der Waals surface area contributed by atoms with Crippen molar-refractivity contribution in [1.29, 1.82) is 0 Å². The summed E-state index contributed by atoms with van der Waals surface area (Å²) >= 11 is 0. The monoisotopic (exact) mass is 375 g/mol. The lowest BCUT2D eigenvalue weighted by molar-refractivity contribution is 0.0841. The Morgan fingerprint density at radius 1 is 1.11 bits per heavy atom. The molecular weight excluding hydrogens is 354 g/mol. The van der Waals surface area contributed by atoms with Crippen LogP contribution < -0.4 is 29.0 Å². The molecule has 0 bridgehead atoms. The molecule has 0 saturated heterocycles. The lowest BCUT2D eigenvalue weighted by Gasteiger charge is -2.15. The third-order valence-electron chi connectivity index (χ3n) is 3.94. The van der Waals surface area contributed by atoms with E-state index in [2.05, 4.69) is 5.32 Å². The molecule has 27 heavy (non-hydrogen) atoms. The van der Waals surface area contributed by atoms with Crippen LogP contribution in [0.1, 0.15) is 10.4 Å². The summed E-state index contributed by atoms with van der Waals surface area (Å²) in [6.07, 6.45) is -0.893. The third kappa shape index (κ3) is 4.53. The Balaban J connectivity index is 1.51. The minimum atomic E-state index is -0.893. The van der Waals surface area contributed by atoms with E-state index in [-0.39, 0.29) is 25.9 Å². The molecule has 3 rings (SSSR count). The number of hydrogen-bond donors (Lipinski definition) is 2. The predicted octanol–water partition coefficient (Wildman–Crippen LogP) is 1.60. The van der Waals surface area contributed by atoms with Crippen molar-refractivity contribution in [2.75, 3.05) is 34.2 Å². The van der Waals surface area contributed by atoms with Crippen molar-refractivity contribution in [2.24, 2.45) is 0 Å². The van der Waals surface area contributed by atoms with E-state index in [1.807, 2.05) is 0 Å². The van der Waals surface area contributed by atoms with Crippen molar-refractivity contribution >= 4 is 5.91 Å². The van der Waals surface area contributed by atoms with Gasteiger partial charge in [0.2, 0.25) is 6.79 Å². The van der Waals surface area contributed by atoms with Gasteiger partial charge in [-0.2, -0.15) is 0 Å². The summed E-state index contributed by atoms with van der Waals surface area (Å²) in [5, 5.41) is 12.7. The zero-order valence-corrected chi connectivity index (χ0v) is 15.1. The molecule has 1 heterocycles. The third-order valence-corrected chi connectivity index (χ3v) is 3.94. The van der Waals surface area contributed by atoms with Gasteiger partial charge in [-0.3, -0.25) is 4.79 Å². The maximum atomic E-state index is 12.4. The van der Waals surface area contributed by atoms with E-state index in [0.29, 0.717) is 34.3 Å². The lowest BCUT2D eigenvalue weighted by atomic mass is 10.1. The first-order valence-electron chi connectivity index (χ1n) is 8.31. The fraction of sp³-hybridized carbons (Fsp3) is 0.316. The van der Waals surface area contributed by atoms with Gasteiger partial charge >= 0.3 is 0 Å². The van der Waals surface area contributed by atoms with Gasteiger partial charge in [-0.05, 0) is 30.3 Å². The maximum absolute atomic E-state index is 12.4. The highest BCUT2D eigenvalue weighted by Gasteiger charge is 2.17. The Morgan fingerprint density at radius 3 is 2.67 bits per heavy atom. The standard InChI is InChI=1S/C19H21NO7/c1-23-13-3-5-16(24-2)15(7-13)19(22)20-9-12(21)10-25-14-4-6-17-18(8-14)27-11-26-17/h3-8,12,21H,9-11H2,1-2H3,(H,20,22). The van der Waals surface area contributed by atoms with Crippen LogP contribution in [0.15, 0.2) is 36.4 Å². The molecule has 8 heteroatoms. The first-order valence-corrected chi connectivity index (χ1v) is 8.31. The van der Waals surface area contributed by atoms with E-state index in [9.17, 15) is 9.90 Å². The summed E-state index contributed by atoms with van der Waals surface area (Å²) in [4.78, 5) is 12.4. The van der Waals surface area contributed by atoms with Crippen LogP contribution in [-0.4, -0.2) is 51.3 Å². The number of aliphatic hydroxyl groups excluding tert-OH is 1. The van der Waals surface area contributed by atoms with Crippen LogP contribution in [0, 0.1) is 0 Å². The number of fused-ring (bicyclic) bond motifs is 1. The van der Waals surface area contributed by atoms with Gasteiger partial charge in [0.25, 0.3) is 5.91 Å². The zero-order valence-electron chi connectivity index (χ0n) is 15.1. The second-order valence-corrected chi connectivity index (χ2v) is 5.76. The number of benzene rings is 2. The smallest absolute Gasteiger partial charge is 0.255 e. The molecule has 0 aromatic heterocycles. The molecule has 0 aliphatic carbocycles. The number of carbonyl (C=O) groups is 1. The van der Waals surface area contributed by atoms with Crippen molar-refractivity contribution < 1.29 is 33.6 Å². The maximum Gasteiger partial charge on any atom is 0.255 e. The lowest BCUT2D eigenvalue weighted by Crippen LogP contribution is -2.35. The fourth-order valence-electron chi connectivity index (χ4n) is 2.52. The normalized spacial score (nSPS) is 13.0. The van der Waals surface area contributed by atoms with E-state index < -0.39 is 6.10 Å². The SMILES string of the molecule is COc1ccc(OC)c(C(=O)NCC(O)COc2ccc3c(c2)OCO3)c1. The van der Waals surface area contributed by atoms with Gasteiger partial charge in [0.15, 0.2) is 11.5 Å².